The molecule has 0 aromatic carbocycles. The summed E-state index contributed by atoms with van der Waals surface area (Å²) in [7, 11) is 0. The quantitative estimate of drug-likeness (QED) is 0.507. The first-order chi connectivity index (χ1) is 15.7. The number of anilines is 3. The summed E-state index contributed by atoms with van der Waals surface area (Å²) in [6.07, 6.45) is -0.984. The molecule has 0 saturated carbocycles. The Morgan fingerprint density at radius 2 is 2.12 bits per heavy atom. The van der Waals surface area contributed by atoms with Gasteiger partial charge in [-0.2, -0.15) is 27.8 Å². The summed E-state index contributed by atoms with van der Waals surface area (Å²) in [5, 5.41) is 9.05. The summed E-state index contributed by atoms with van der Waals surface area (Å²) in [6, 6.07) is -0.999. The first-order valence-electron chi connectivity index (χ1n) is 10.4. The van der Waals surface area contributed by atoms with E-state index in [1.807, 2.05) is 5.32 Å². The third-order valence-corrected chi connectivity index (χ3v) is 5.34. The number of ether oxygens (including phenoxy) is 1. The minimum atomic E-state index is -4.55. The van der Waals surface area contributed by atoms with Crippen molar-refractivity contribution >= 4 is 23.6 Å². The molecule has 11 nitrogen and oxygen atoms in total. The highest BCUT2D eigenvalue weighted by Gasteiger charge is 2.36. The van der Waals surface area contributed by atoms with E-state index >= 15 is 0 Å². The Balaban J connectivity index is 0.00000324. The zero-order valence-corrected chi connectivity index (χ0v) is 17.5. The number of nitrogens with one attached hydrogen (secondary N) is 2. The largest absolute Gasteiger partial charge is 0.405 e. The lowest BCUT2D eigenvalue weighted by Gasteiger charge is -2.25. The molecule has 2 fully saturated rings. The molecule has 2 saturated heterocycles. The molecule has 4 heterocycles. The molecular weight excluding hydrogens is 450 g/mol. The summed E-state index contributed by atoms with van der Waals surface area (Å²) >= 11 is 0. The Morgan fingerprint density at radius 1 is 1.30 bits per heavy atom. The van der Waals surface area contributed by atoms with Crippen molar-refractivity contribution in [2.24, 2.45) is 0 Å². The molecule has 0 radical (unpaired) electrons. The molecule has 0 bridgehead atoms. The van der Waals surface area contributed by atoms with E-state index in [9.17, 15) is 22.4 Å². The SMILES string of the molecule is Nc1nc(NCC2CCCO2)nn1-c1ncc(F)c(N2CCC[C@@H]2C(=O)NCC(F)(F)F)n1.[HH].[HH].[HH].[HH]. The van der Waals surface area contributed by atoms with Crippen molar-refractivity contribution in [1.82, 2.24) is 30.0 Å². The predicted molar refractivity (Wildman–Crippen MR) is 117 cm³/mol. The maximum atomic E-state index is 14.6. The molecule has 188 valence electrons. The fourth-order valence-corrected chi connectivity index (χ4v) is 3.81. The number of nitrogens with two attached hydrogens (primary N) is 1. The number of rotatable bonds is 7. The summed E-state index contributed by atoms with van der Waals surface area (Å²) in [5.74, 6) is -1.85. The second-order valence-electron chi connectivity index (χ2n) is 7.75. The molecule has 0 aliphatic carbocycles. The molecule has 0 spiro atoms. The molecule has 4 rings (SSSR count). The van der Waals surface area contributed by atoms with Crippen LogP contribution in [0.3, 0.4) is 0 Å². The average molecular weight is 481 g/mol. The van der Waals surface area contributed by atoms with Crippen LogP contribution in [0.1, 0.15) is 31.4 Å². The lowest BCUT2D eigenvalue weighted by atomic mass is 10.2. The highest BCUT2D eigenvalue weighted by atomic mass is 19.4. The zero-order valence-electron chi connectivity index (χ0n) is 17.5. The van der Waals surface area contributed by atoms with Gasteiger partial charge in [-0.05, 0) is 25.7 Å². The van der Waals surface area contributed by atoms with Crippen LogP contribution in [-0.2, 0) is 9.53 Å². The molecule has 2 aliphatic rings. The van der Waals surface area contributed by atoms with Gasteiger partial charge in [0, 0.05) is 25.4 Å². The van der Waals surface area contributed by atoms with Crippen molar-refractivity contribution in [3.8, 4) is 5.95 Å². The molecule has 2 atom stereocenters. The van der Waals surface area contributed by atoms with E-state index in [1.165, 1.54) is 4.90 Å². The third-order valence-electron chi connectivity index (χ3n) is 5.34. The van der Waals surface area contributed by atoms with Crippen LogP contribution in [-0.4, -0.2) is 75.2 Å². The molecule has 1 unspecified atom stereocenters. The second-order valence-corrected chi connectivity index (χ2v) is 7.75. The van der Waals surface area contributed by atoms with E-state index < -0.39 is 30.5 Å². The molecule has 1 amide bonds. The maximum Gasteiger partial charge on any atom is 0.405 e. The number of nitrogens with zero attached hydrogens (tertiary/aromatic N) is 6. The van der Waals surface area contributed by atoms with Crippen LogP contribution in [0.4, 0.5) is 35.3 Å². The van der Waals surface area contributed by atoms with Crippen LogP contribution in [0, 0.1) is 5.82 Å². The van der Waals surface area contributed by atoms with Gasteiger partial charge in [-0.15, -0.1) is 5.10 Å². The summed E-state index contributed by atoms with van der Waals surface area (Å²) in [4.78, 5) is 25.7. The van der Waals surface area contributed by atoms with Gasteiger partial charge in [0.15, 0.2) is 11.6 Å². The molecule has 2 aliphatic heterocycles. The number of hydrogen-bond acceptors (Lipinski definition) is 9. The van der Waals surface area contributed by atoms with Crippen LogP contribution < -0.4 is 21.3 Å². The Labute approximate surface area is 191 Å². The number of carbonyl (C=O) groups is 1. The Morgan fingerprint density at radius 3 is 2.85 bits per heavy atom. The molecule has 2 aromatic rings. The first-order valence-corrected chi connectivity index (χ1v) is 10.4. The third kappa shape index (κ3) is 5.40. The van der Waals surface area contributed by atoms with E-state index in [1.54, 1.807) is 0 Å². The van der Waals surface area contributed by atoms with E-state index in [-0.39, 0.29) is 48.4 Å². The van der Waals surface area contributed by atoms with Crippen molar-refractivity contribution in [2.75, 3.05) is 42.2 Å². The molecule has 15 heteroatoms. The van der Waals surface area contributed by atoms with E-state index in [4.69, 9.17) is 10.5 Å². The summed E-state index contributed by atoms with van der Waals surface area (Å²) in [5.41, 5.74) is 5.91. The number of carbonyl (C=O) groups excluding carboxylic acids is 1. The van der Waals surface area contributed by atoms with Crippen molar-refractivity contribution in [3.05, 3.63) is 12.0 Å². The summed E-state index contributed by atoms with van der Waals surface area (Å²) < 4.78 is 58.6. The zero-order chi connectivity index (χ0) is 23.6. The lowest BCUT2D eigenvalue weighted by molar-refractivity contribution is -0.139. The van der Waals surface area contributed by atoms with Gasteiger partial charge in [0.2, 0.25) is 17.8 Å². The monoisotopic (exact) mass is 481 g/mol. The van der Waals surface area contributed by atoms with Crippen LogP contribution >= 0.6 is 0 Å². The van der Waals surface area contributed by atoms with Crippen LogP contribution in [0.25, 0.3) is 5.95 Å². The van der Waals surface area contributed by atoms with Gasteiger partial charge in [0.05, 0.1) is 12.3 Å². The van der Waals surface area contributed by atoms with Crippen molar-refractivity contribution in [1.29, 1.82) is 0 Å². The fraction of sp³-hybridized carbons (Fsp3) is 0.611. The topological polar surface area (TPSA) is 136 Å². The standard InChI is InChI=1S/C18H23F4N9O2.4H2/c19-11-8-25-17(31-15(23)28-16(29-31)24-7-10-3-2-6-33-10)27-13(11)30-5-1-4-12(30)14(32)26-9-18(20,21)22;;;;/h8,10,12H,1-7,9H2,(H,26,32)(H3,23,24,28,29);4*1H/t10?,12-;;;;/m1..../s1. The number of halogens is 4. The fourth-order valence-electron chi connectivity index (χ4n) is 3.81. The van der Waals surface area contributed by atoms with Gasteiger partial charge in [-0.3, -0.25) is 4.79 Å². The maximum absolute atomic E-state index is 14.6. The smallest absolute Gasteiger partial charge is 0.376 e. The van der Waals surface area contributed by atoms with Crippen LogP contribution in [0.5, 0.6) is 0 Å². The lowest BCUT2D eigenvalue weighted by Crippen LogP contribution is -2.46. The van der Waals surface area contributed by atoms with Gasteiger partial charge in [0.25, 0.3) is 5.95 Å². The molecule has 4 N–H and O–H groups in total. The molecule has 2 aromatic heterocycles. The van der Waals surface area contributed by atoms with Gasteiger partial charge < -0.3 is 26.0 Å². The van der Waals surface area contributed by atoms with Gasteiger partial charge >= 0.3 is 6.18 Å². The van der Waals surface area contributed by atoms with Gasteiger partial charge in [-0.1, -0.05) is 0 Å². The number of nitrogen functional groups attached to an aromatic ring is 1. The van der Waals surface area contributed by atoms with Crippen molar-refractivity contribution < 1.29 is 32.8 Å². The number of alkyl halides is 3. The normalized spacial score (nSPS) is 20.9. The Kier molecular flexibility index (Phi) is 6.49. The van der Waals surface area contributed by atoms with Crippen LogP contribution in [0.15, 0.2) is 6.20 Å². The Hall–Kier alpha value is -3.23. The van der Waals surface area contributed by atoms with Crippen LogP contribution in [0.2, 0.25) is 0 Å². The van der Waals surface area contributed by atoms with Gasteiger partial charge in [-0.25, -0.2) is 9.37 Å². The predicted octanol–water partition coefficient (Wildman–Crippen LogP) is 2.00. The highest BCUT2D eigenvalue weighted by Crippen LogP contribution is 2.27. The number of amides is 1. The minimum Gasteiger partial charge on any atom is -0.376 e. The first kappa shape index (κ1) is 22.9. The van der Waals surface area contributed by atoms with E-state index in [2.05, 4.69) is 25.4 Å². The molecule has 33 heavy (non-hydrogen) atoms. The van der Waals surface area contributed by atoms with E-state index in [0.717, 1.165) is 23.7 Å². The van der Waals surface area contributed by atoms with Gasteiger partial charge in [0.1, 0.15) is 12.6 Å². The number of aromatic nitrogens is 5. The van der Waals surface area contributed by atoms with Crippen molar-refractivity contribution in [3.63, 3.8) is 0 Å². The summed E-state index contributed by atoms with van der Waals surface area (Å²) in [6.45, 7) is -0.0426. The van der Waals surface area contributed by atoms with E-state index in [0.29, 0.717) is 19.6 Å². The molecular formula is C18H31F4N9O2. The minimum absolute atomic E-state index is 0. The highest BCUT2D eigenvalue weighted by molar-refractivity contribution is 5.85. The van der Waals surface area contributed by atoms with Crippen molar-refractivity contribution in [2.45, 2.75) is 44.0 Å². The second kappa shape index (κ2) is 9.33. The average Bonchev–Trinajstić information content (AvgIpc) is 3.51. The Bertz CT molecular complexity index is 1010. The number of hydrogen-bond donors (Lipinski definition) is 3.